The number of nitrogens with zero attached hydrogens (tertiary/aromatic N) is 2. The summed E-state index contributed by atoms with van der Waals surface area (Å²) in [6.45, 7) is 2.87. The van der Waals surface area contributed by atoms with E-state index in [1.807, 2.05) is 37.3 Å². The molecule has 0 fully saturated rings. The van der Waals surface area contributed by atoms with Crippen molar-refractivity contribution in [2.45, 2.75) is 13.5 Å². The van der Waals surface area contributed by atoms with Crippen LogP contribution in [0.5, 0.6) is 11.5 Å². The topological polar surface area (TPSA) is 76.9 Å². The van der Waals surface area contributed by atoms with E-state index >= 15 is 0 Å². The molecule has 3 aromatic carbocycles. The fraction of sp³-hybridized carbons (Fsp3) is 0.154. The number of carbonyl (C=O) groups is 1. The Kier molecular flexibility index (Phi) is 5.86. The van der Waals surface area contributed by atoms with Gasteiger partial charge in [-0.15, -0.1) is 0 Å². The molecule has 7 nitrogen and oxygen atoms in total. The summed E-state index contributed by atoms with van der Waals surface area (Å²) >= 11 is 0. The fourth-order valence-electron chi connectivity index (χ4n) is 3.99. The van der Waals surface area contributed by atoms with E-state index in [9.17, 15) is 9.18 Å². The van der Waals surface area contributed by atoms with Crippen molar-refractivity contribution < 1.29 is 18.7 Å². The number of amides is 1. The van der Waals surface area contributed by atoms with E-state index in [0.717, 1.165) is 33.4 Å². The molecular formula is C26H23FN4O3. The number of fused-ring (bicyclic) bond motifs is 2. The minimum Gasteiger partial charge on any atom is -0.454 e. The summed E-state index contributed by atoms with van der Waals surface area (Å²) < 4.78 is 26.1. The molecule has 0 aliphatic carbocycles. The fourth-order valence-corrected chi connectivity index (χ4v) is 3.99. The molecule has 4 aromatic rings. The average Bonchev–Trinajstić information content (AvgIpc) is 3.42. The lowest BCUT2D eigenvalue weighted by atomic mass is 10.1. The summed E-state index contributed by atoms with van der Waals surface area (Å²) in [6, 6.07) is 19.9. The number of hydrogen-bond donors (Lipinski definition) is 2. The van der Waals surface area contributed by atoms with Crippen molar-refractivity contribution in [2.75, 3.05) is 18.7 Å². The SMILES string of the molecule is Cc1c(/C=N\NC(=O)CNc2ccc3c(c2)OCO3)c2ccccc2n1Cc1ccc(F)cc1. The quantitative estimate of drug-likeness (QED) is 0.317. The predicted molar refractivity (Wildman–Crippen MR) is 129 cm³/mol. The number of carbonyl (C=O) groups excluding carboxylic acids is 1. The highest BCUT2D eigenvalue weighted by atomic mass is 19.1. The van der Waals surface area contributed by atoms with Crippen LogP contribution in [0.2, 0.25) is 0 Å². The molecule has 2 N–H and O–H groups in total. The number of aromatic nitrogens is 1. The third-order valence-electron chi connectivity index (χ3n) is 5.74. The van der Waals surface area contributed by atoms with Crippen molar-refractivity contribution >= 4 is 28.7 Å². The van der Waals surface area contributed by atoms with Crippen LogP contribution in [0.3, 0.4) is 0 Å². The van der Waals surface area contributed by atoms with Crippen molar-refractivity contribution in [2.24, 2.45) is 5.10 Å². The Morgan fingerprint density at radius 3 is 2.74 bits per heavy atom. The molecule has 0 radical (unpaired) electrons. The zero-order valence-electron chi connectivity index (χ0n) is 18.5. The Morgan fingerprint density at radius 1 is 1.09 bits per heavy atom. The van der Waals surface area contributed by atoms with Gasteiger partial charge in [0.2, 0.25) is 6.79 Å². The van der Waals surface area contributed by atoms with Crippen LogP contribution in [0.15, 0.2) is 71.8 Å². The number of hydrogen-bond acceptors (Lipinski definition) is 5. The van der Waals surface area contributed by atoms with E-state index in [1.165, 1.54) is 12.1 Å². The number of hydrazone groups is 1. The average molecular weight is 458 g/mol. The first-order valence-corrected chi connectivity index (χ1v) is 10.9. The zero-order chi connectivity index (χ0) is 23.5. The van der Waals surface area contributed by atoms with Crippen molar-refractivity contribution in [3.05, 3.63) is 89.4 Å². The van der Waals surface area contributed by atoms with Gasteiger partial charge in [-0.2, -0.15) is 5.10 Å². The summed E-state index contributed by atoms with van der Waals surface area (Å²) in [5, 5.41) is 8.26. The monoisotopic (exact) mass is 458 g/mol. The molecule has 1 aromatic heterocycles. The smallest absolute Gasteiger partial charge is 0.259 e. The first-order valence-electron chi connectivity index (χ1n) is 10.9. The number of anilines is 1. The van der Waals surface area contributed by atoms with E-state index < -0.39 is 0 Å². The number of para-hydroxylation sites is 1. The molecule has 1 aliphatic heterocycles. The largest absolute Gasteiger partial charge is 0.454 e. The van der Waals surface area contributed by atoms with E-state index in [2.05, 4.69) is 20.4 Å². The van der Waals surface area contributed by atoms with E-state index in [-0.39, 0.29) is 25.1 Å². The van der Waals surface area contributed by atoms with Gasteiger partial charge < -0.3 is 19.4 Å². The van der Waals surface area contributed by atoms with Gasteiger partial charge in [-0.3, -0.25) is 4.79 Å². The number of halogens is 1. The lowest BCUT2D eigenvalue weighted by Gasteiger charge is -2.09. The summed E-state index contributed by atoms with van der Waals surface area (Å²) in [4.78, 5) is 12.3. The van der Waals surface area contributed by atoms with Crippen LogP contribution in [0, 0.1) is 12.7 Å². The highest BCUT2D eigenvalue weighted by Gasteiger charge is 2.14. The molecule has 1 aliphatic rings. The van der Waals surface area contributed by atoms with Crippen LogP contribution in [-0.4, -0.2) is 30.0 Å². The standard InChI is InChI=1S/C26H23FN4O3/c1-17-22(13-29-30-26(32)14-28-20-10-11-24-25(12-20)34-16-33-24)21-4-2-3-5-23(21)31(17)15-18-6-8-19(27)9-7-18/h2-13,28H,14-16H2,1H3,(H,30,32)/b29-13-. The van der Waals surface area contributed by atoms with Gasteiger partial charge in [0.1, 0.15) is 5.82 Å². The second-order valence-electron chi connectivity index (χ2n) is 7.94. The summed E-state index contributed by atoms with van der Waals surface area (Å²) in [7, 11) is 0. The van der Waals surface area contributed by atoms with Crippen molar-refractivity contribution in [3.63, 3.8) is 0 Å². The van der Waals surface area contributed by atoms with E-state index in [0.29, 0.717) is 18.0 Å². The molecular weight excluding hydrogens is 435 g/mol. The van der Waals surface area contributed by atoms with Crippen LogP contribution in [-0.2, 0) is 11.3 Å². The maximum atomic E-state index is 13.3. The van der Waals surface area contributed by atoms with E-state index in [1.54, 1.807) is 30.5 Å². The molecule has 0 bridgehead atoms. The molecule has 172 valence electrons. The maximum absolute atomic E-state index is 13.3. The molecule has 0 unspecified atom stereocenters. The second-order valence-corrected chi connectivity index (χ2v) is 7.94. The van der Waals surface area contributed by atoms with Crippen LogP contribution < -0.4 is 20.2 Å². The maximum Gasteiger partial charge on any atom is 0.259 e. The normalized spacial score (nSPS) is 12.4. The Hall–Kier alpha value is -4.33. The van der Waals surface area contributed by atoms with Gasteiger partial charge in [0.25, 0.3) is 5.91 Å². The number of nitrogens with one attached hydrogen (secondary N) is 2. The van der Waals surface area contributed by atoms with Crippen molar-refractivity contribution in [1.82, 2.24) is 9.99 Å². The highest BCUT2D eigenvalue weighted by Crippen LogP contribution is 2.34. The van der Waals surface area contributed by atoms with E-state index in [4.69, 9.17) is 9.47 Å². The van der Waals surface area contributed by atoms with Gasteiger partial charge in [-0.1, -0.05) is 30.3 Å². The first kappa shape index (κ1) is 21.5. The van der Waals surface area contributed by atoms with Crippen LogP contribution in [0.1, 0.15) is 16.8 Å². The third kappa shape index (κ3) is 4.43. The highest BCUT2D eigenvalue weighted by molar-refractivity contribution is 6.01. The minimum absolute atomic E-state index is 0.0578. The van der Waals surface area contributed by atoms with Gasteiger partial charge in [0.05, 0.1) is 12.8 Å². The number of ether oxygens (including phenoxy) is 2. The predicted octanol–water partition coefficient (Wildman–Crippen LogP) is 4.43. The molecule has 1 amide bonds. The van der Waals surface area contributed by atoms with Gasteiger partial charge in [-0.05, 0) is 42.8 Å². The van der Waals surface area contributed by atoms with Gasteiger partial charge in [0.15, 0.2) is 11.5 Å². The van der Waals surface area contributed by atoms with Crippen molar-refractivity contribution in [1.29, 1.82) is 0 Å². The Balaban J connectivity index is 1.27. The molecule has 2 heterocycles. The summed E-state index contributed by atoms with van der Waals surface area (Å²) in [6.07, 6.45) is 1.66. The van der Waals surface area contributed by atoms with Gasteiger partial charge >= 0.3 is 0 Å². The molecule has 0 saturated heterocycles. The first-order chi connectivity index (χ1) is 16.6. The third-order valence-corrected chi connectivity index (χ3v) is 5.74. The Labute approximate surface area is 195 Å². The zero-order valence-corrected chi connectivity index (χ0v) is 18.5. The second kappa shape index (κ2) is 9.27. The molecule has 8 heteroatoms. The minimum atomic E-state index is -0.276. The van der Waals surface area contributed by atoms with Gasteiger partial charge in [-0.25, -0.2) is 9.82 Å². The molecule has 0 atom stereocenters. The molecule has 5 rings (SSSR count). The van der Waals surface area contributed by atoms with Crippen molar-refractivity contribution in [3.8, 4) is 11.5 Å². The Morgan fingerprint density at radius 2 is 1.88 bits per heavy atom. The number of benzene rings is 3. The molecule has 0 saturated carbocycles. The van der Waals surface area contributed by atoms with Crippen LogP contribution in [0.25, 0.3) is 10.9 Å². The van der Waals surface area contributed by atoms with Gasteiger partial charge in [0, 0.05) is 40.5 Å². The Bertz CT molecular complexity index is 1380. The lowest BCUT2D eigenvalue weighted by Crippen LogP contribution is -2.25. The molecule has 0 spiro atoms. The number of rotatable bonds is 7. The molecule has 34 heavy (non-hydrogen) atoms. The van der Waals surface area contributed by atoms with Crippen LogP contribution >= 0.6 is 0 Å². The summed E-state index contributed by atoms with van der Waals surface area (Å²) in [5.41, 5.74) is 7.28. The lowest BCUT2D eigenvalue weighted by molar-refractivity contribution is -0.119. The van der Waals surface area contributed by atoms with Crippen LogP contribution in [0.4, 0.5) is 10.1 Å². The summed E-state index contributed by atoms with van der Waals surface area (Å²) in [5.74, 6) is 0.806.